The van der Waals surface area contributed by atoms with Crippen LogP contribution in [0, 0.1) is 13.8 Å². The lowest BCUT2D eigenvalue weighted by molar-refractivity contribution is -0.121. The molecule has 1 aromatic carbocycles. The zero-order valence-electron chi connectivity index (χ0n) is 13.1. The predicted molar refractivity (Wildman–Crippen MR) is 83.4 cm³/mol. The number of carbonyl (C=O) groups is 1. The van der Waals surface area contributed by atoms with Gasteiger partial charge in [-0.25, -0.2) is 13.1 Å². The molecule has 0 spiro atoms. The van der Waals surface area contributed by atoms with Gasteiger partial charge in [0, 0.05) is 5.54 Å². The molecule has 118 valence electrons. The first-order chi connectivity index (χ1) is 9.42. The Labute approximate surface area is 126 Å². The first-order valence-corrected chi connectivity index (χ1v) is 8.08. The summed E-state index contributed by atoms with van der Waals surface area (Å²) in [6.45, 7) is 8.79. The van der Waals surface area contributed by atoms with Gasteiger partial charge < -0.3 is 11.1 Å². The van der Waals surface area contributed by atoms with Crippen molar-refractivity contribution in [1.82, 2.24) is 10.0 Å². The Balaban J connectivity index is 2.88. The standard InChI is InChI=1S/C14H23N3O3S/c1-9-6-11(15)12(7-10(9)2)21(19,20)16-8-13(18)17-14(3,4)5/h6-7,16H,8,15H2,1-5H3,(H,17,18). The topological polar surface area (TPSA) is 101 Å². The van der Waals surface area contributed by atoms with Crippen LogP contribution in [-0.2, 0) is 14.8 Å². The fourth-order valence-corrected chi connectivity index (χ4v) is 2.92. The van der Waals surface area contributed by atoms with Gasteiger partial charge in [0.15, 0.2) is 0 Å². The Bertz CT molecular complexity index is 646. The first-order valence-electron chi connectivity index (χ1n) is 6.60. The van der Waals surface area contributed by atoms with E-state index in [1.807, 2.05) is 27.7 Å². The van der Waals surface area contributed by atoms with Crippen molar-refractivity contribution in [2.75, 3.05) is 12.3 Å². The Morgan fingerprint density at radius 3 is 2.24 bits per heavy atom. The fraction of sp³-hybridized carbons (Fsp3) is 0.500. The van der Waals surface area contributed by atoms with Crippen LogP contribution in [0.4, 0.5) is 5.69 Å². The zero-order chi connectivity index (χ0) is 16.4. The maximum atomic E-state index is 12.2. The number of sulfonamides is 1. The van der Waals surface area contributed by atoms with Crippen LogP contribution in [0.1, 0.15) is 31.9 Å². The molecule has 0 heterocycles. The Kier molecular flexibility index (Phi) is 5.01. The molecule has 0 aliphatic carbocycles. The number of nitrogens with one attached hydrogen (secondary N) is 2. The van der Waals surface area contributed by atoms with E-state index in [9.17, 15) is 13.2 Å². The van der Waals surface area contributed by atoms with Crippen LogP contribution < -0.4 is 15.8 Å². The molecule has 0 fully saturated rings. The molecule has 0 aliphatic heterocycles. The van der Waals surface area contributed by atoms with E-state index in [1.165, 1.54) is 6.07 Å². The molecule has 0 saturated carbocycles. The molecule has 0 aliphatic rings. The van der Waals surface area contributed by atoms with Crippen LogP contribution in [0.5, 0.6) is 0 Å². The number of carbonyl (C=O) groups excluding carboxylic acids is 1. The number of nitrogens with two attached hydrogens (primary N) is 1. The quantitative estimate of drug-likeness (QED) is 0.724. The van der Waals surface area contributed by atoms with Crippen molar-refractivity contribution in [2.24, 2.45) is 0 Å². The first kappa shape index (κ1) is 17.5. The number of aryl methyl sites for hydroxylation is 2. The van der Waals surface area contributed by atoms with Gasteiger partial charge in [0.2, 0.25) is 15.9 Å². The third kappa shape index (κ3) is 5.02. The molecule has 4 N–H and O–H groups in total. The van der Waals surface area contributed by atoms with E-state index >= 15 is 0 Å². The monoisotopic (exact) mass is 313 g/mol. The number of amides is 1. The van der Waals surface area contributed by atoms with Crippen molar-refractivity contribution >= 4 is 21.6 Å². The Hall–Kier alpha value is -1.60. The van der Waals surface area contributed by atoms with Crippen LogP contribution in [0.25, 0.3) is 0 Å². The summed E-state index contributed by atoms with van der Waals surface area (Å²) in [6, 6.07) is 3.12. The van der Waals surface area contributed by atoms with Crippen LogP contribution in [0.3, 0.4) is 0 Å². The van der Waals surface area contributed by atoms with Crippen molar-refractivity contribution in [3.63, 3.8) is 0 Å². The second-order valence-electron chi connectivity index (χ2n) is 6.10. The minimum absolute atomic E-state index is 0.00541. The molecule has 0 unspecified atom stereocenters. The maximum absolute atomic E-state index is 12.2. The molecule has 0 saturated heterocycles. The van der Waals surface area contributed by atoms with Gasteiger partial charge in [-0.05, 0) is 57.9 Å². The number of benzene rings is 1. The highest BCUT2D eigenvalue weighted by molar-refractivity contribution is 7.89. The van der Waals surface area contributed by atoms with Crippen molar-refractivity contribution in [3.8, 4) is 0 Å². The molecular formula is C14H23N3O3S. The summed E-state index contributed by atoms with van der Waals surface area (Å²) in [5, 5.41) is 2.68. The second kappa shape index (κ2) is 6.03. The molecular weight excluding hydrogens is 290 g/mol. The zero-order valence-corrected chi connectivity index (χ0v) is 13.9. The van der Waals surface area contributed by atoms with Gasteiger partial charge in [0.05, 0.1) is 12.2 Å². The summed E-state index contributed by atoms with van der Waals surface area (Å²) in [4.78, 5) is 11.7. The highest BCUT2D eigenvalue weighted by atomic mass is 32.2. The molecule has 21 heavy (non-hydrogen) atoms. The number of rotatable bonds is 4. The van der Waals surface area contributed by atoms with Crippen LogP contribution in [0.2, 0.25) is 0 Å². The molecule has 6 nitrogen and oxygen atoms in total. The summed E-state index contributed by atoms with van der Waals surface area (Å²) >= 11 is 0. The second-order valence-corrected chi connectivity index (χ2v) is 7.83. The van der Waals surface area contributed by atoms with Gasteiger partial charge in [-0.1, -0.05) is 0 Å². The lowest BCUT2D eigenvalue weighted by Crippen LogP contribution is -2.45. The summed E-state index contributed by atoms with van der Waals surface area (Å²) < 4.78 is 26.7. The third-order valence-corrected chi connectivity index (χ3v) is 4.31. The van der Waals surface area contributed by atoms with E-state index in [0.717, 1.165) is 11.1 Å². The Morgan fingerprint density at radius 2 is 1.71 bits per heavy atom. The van der Waals surface area contributed by atoms with E-state index in [-0.39, 0.29) is 17.1 Å². The van der Waals surface area contributed by atoms with Gasteiger partial charge in [-0.3, -0.25) is 4.79 Å². The molecule has 0 radical (unpaired) electrons. The predicted octanol–water partition coefficient (Wildman–Crippen LogP) is 1.08. The third-order valence-electron chi connectivity index (χ3n) is 2.85. The Morgan fingerprint density at radius 1 is 1.19 bits per heavy atom. The highest BCUT2D eigenvalue weighted by Gasteiger charge is 2.21. The molecule has 1 aromatic rings. The largest absolute Gasteiger partial charge is 0.398 e. The van der Waals surface area contributed by atoms with Gasteiger partial charge in [0.25, 0.3) is 0 Å². The number of hydrogen-bond donors (Lipinski definition) is 3. The number of hydrogen-bond acceptors (Lipinski definition) is 4. The maximum Gasteiger partial charge on any atom is 0.243 e. The van der Waals surface area contributed by atoms with E-state index in [2.05, 4.69) is 10.0 Å². The summed E-state index contributed by atoms with van der Waals surface area (Å²) in [6.07, 6.45) is 0. The van der Waals surface area contributed by atoms with Gasteiger partial charge in [-0.2, -0.15) is 0 Å². The van der Waals surface area contributed by atoms with Crippen LogP contribution in [0.15, 0.2) is 17.0 Å². The van der Waals surface area contributed by atoms with E-state index in [4.69, 9.17) is 5.73 Å². The average molecular weight is 313 g/mol. The summed E-state index contributed by atoms with van der Waals surface area (Å²) in [5.41, 5.74) is 7.26. The highest BCUT2D eigenvalue weighted by Crippen LogP contribution is 2.22. The minimum atomic E-state index is -3.82. The van der Waals surface area contributed by atoms with E-state index in [0.29, 0.717) is 0 Å². The molecule has 1 amide bonds. The van der Waals surface area contributed by atoms with Crippen LogP contribution in [-0.4, -0.2) is 26.4 Å². The van der Waals surface area contributed by atoms with Crippen molar-refractivity contribution in [3.05, 3.63) is 23.3 Å². The SMILES string of the molecule is Cc1cc(N)c(S(=O)(=O)NCC(=O)NC(C)(C)C)cc1C. The molecule has 0 bridgehead atoms. The molecule has 0 atom stereocenters. The lowest BCUT2D eigenvalue weighted by atomic mass is 10.1. The van der Waals surface area contributed by atoms with E-state index in [1.54, 1.807) is 13.0 Å². The average Bonchev–Trinajstić information content (AvgIpc) is 2.29. The minimum Gasteiger partial charge on any atom is -0.398 e. The van der Waals surface area contributed by atoms with Gasteiger partial charge in [0.1, 0.15) is 4.90 Å². The normalized spacial score (nSPS) is 12.2. The van der Waals surface area contributed by atoms with E-state index < -0.39 is 21.5 Å². The fourth-order valence-electron chi connectivity index (χ4n) is 1.75. The van der Waals surface area contributed by atoms with Gasteiger partial charge >= 0.3 is 0 Å². The van der Waals surface area contributed by atoms with Crippen molar-refractivity contribution < 1.29 is 13.2 Å². The molecule has 7 heteroatoms. The smallest absolute Gasteiger partial charge is 0.243 e. The summed E-state index contributed by atoms with van der Waals surface area (Å²) in [7, 11) is -3.82. The molecule has 1 rings (SSSR count). The molecule has 0 aromatic heterocycles. The number of nitrogen functional groups attached to an aromatic ring is 1. The lowest BCUT2D eigenvalue weighted by Gasteiger charge is -2.20. The van der Waals surface area contributed by atoms with Crippen molar-refractivity contribution in [1.29, 1.82) is 0 Å². The van der Waals surface area contributed by atoms with Gasteiger partial charge in [-0.15, -0.1) is 0 Å². The summed E-state index contributed by atoms with van der Waals surface area (Å²) in [5.74, 6) is -0.395. The number of anilines is 1. The van der Waals surface area contributed by atoms with Crippen LogP contribution >= 0.6 is 0 Å². The van der Waals surface area contributed by atoms with Crippen molar-refractivity contribution in [2.45, 2.75) is 45.1 Å².